The van der Waals surface area contributed by atoms with Crippen LogP contribution in [0.4, 0.5) is 24.5 Å². The van der Waals surface area contributed by atoms with Gasteiger partial charge in [0.15, 0.2) is 0 Å². The van der Waals surface area contributed by atoms with E-state index in [1.54, 1.807) is 0 Å². The van der Waals surface area contributed by atoms with Crippen molar-refractivity contribution in [2.75, 3.05) is 43.4 Å². The van der Waals surface area contributed by atoms with E-state index in [0.29, 0.717) is 12.1 Å². The molecule has 4 nitrogen and oxygen atoms in total. The van der Waals surface area contributed by atoms with E-state index in [0.717, 1.165) is 38.3 Å². The predicted molar refractivity (Wildman–Crippen MR) is 70.8 cm³/mol. The zero-order valence-corrected chi connectivity index (χ0v) is 11.1. The summed E-state index contributed by atoms with van der Waals surface area (Å²) in [5.41, 5.74) is 0.0531. The first-order valence-electron chi connectivity index (χ1n) is 6.27. The minimum atomic E-state index is -4.42. The van der Waals surface area contributed by atoms with Crippen LogP contribution >= 0.6 is 0 Å². The van der Waals surface area contributed by atoms with E-state index in [2.05, 4.69) is 10.2 Å². The second-order valence-electron chi connectivity index (χ2n) is 4.78. The van der Waals surface area contributed by atoms with Crippen molar-refractivity contribution in [1.29, 1.82) is 0 Å². The van der Waals surface area contributed by atoms with Gasteiger partial charge in [-0.1, -0.05) is 0 Å². The van der Waals surface area contributed by atoms with Crippen LogP contribution in [0.1, 0.15) is 5.56 Å². The summed E-state index contributed by atoms with van der Waals surface area (Å²) in [6.07, 6.45) is -4.02. The highest BCUT2D eigenvalue weighted by Crippen LogP contribution is 2.35. The number of benzene rings is 1. The van der Waals surface area contributed by atoms with Crippen molar-refractivity contribution < 1.29 is 18.0 Å². The van der Waals surface area contributed by atoms with Gasteiger partial charge in [-0.15, -0.1) is 0 Å². The molecule has 0 atom stereocenters. The Hall–Kier alpha value is -1.76. The Labute approximate surface area is 115 Å². The largest absolute Gasteiger partial charge is 0.416 e. The van der Waals surface area contributed by atoms with E-state index < -0.39 is 11.7 Å². The van der Waals surface area contributed by atoms with Gasteiger partial charge in [0.2, 0.25) is 6.41 Å². The number of rotatable bonds is 3. The summed E-state index contributed by atoms with van der Waals surface area (Å²) in [5, 5.41) is 2.36. The van der Waals surface area contributed by atoms with Gasteiger partial charge in [-0.3, -0.25) is 4.79 Å². The van der Waals surface area contributed by atoms with E-state index in [1.807, 2.05) is 11.9 Å². The molecule has 1 saturated heterocycles. The number of nitrogens with zero attached hydrogens (tertiary/aromatic N) is 2. The molecule has 1 aliphatic heterocycles. The summed E-state index contributed by atoms with van der Waals surface area (Å²) in [6.45, 7) is 3.11. The van der Waals surface area contributed by atoms with Gasteiger partial charge in [0.25, 0.3) is 0 Å². The molecule has 2 rings (SSSR count). The molecular formula is C13H16F3N3O. The number of nitrogens with one attached hydrogen (secondary N) is 1. The number of anilines is 2. The van der Waals surface area contributed by atoms with Gasteiger partial charge in [0.05, 0.1) is 16.9 Å². The van der Waals surface area contributed by atoms with Crippen molar-refractivity contribution in [3.63, 3.8) is 0 Å². The van der Waals surface area contributed by atoms with Crippen molar-refractivity contribution in [3.05, 3.63) is 23.8 Å². The SMILES string of the molecule is CN1CCN(c2ccc(C(F)(F)F)cc2NC=O)CC1. The fourth-order valence-electron chi connectivity index (χ4n) is 2.21. The van der Waals surface area contributed by atoms with Gasteiger partial charge in [-0.25, -0.2) is 0 Å². The number of hydrogen-bond acceptors (Lipinski definition) is 3. The van der Waals surface area contributed by atoms with Gasteiger partial charge in [0.1, 0.15) is 0 Å². The van der Waals surface area contributed by atoms with Crippen molar-refractivity contribution in [3.8, 4) is 0 Å². The normalized spacial score (nSPS) is 17.1. The maximum atomic E-state index is 12.7. The molecule has 1 heterocycles. The highest BCUT2D eigenvalue weighted by Gasteiger charge is 2.31. The van der Waals surface area contributed by atoms with Gasteiger partial charge in [-0.05, 0) is 25.2 Å². The minimum Gasteiger partial charge on any atom is -0.367 e. The Morgan fingerprint density at radius 2 is 1.85 bits per heavy atom. The molecule has 1 aromatic carbocycles. The summed E-state index contributed by atoms with van der Waals surface area (Å²) >= 11 is 0. The molecule has 0 radical (unpaired) electrons. The molecule has 0 aromatic heterocycles. The Balaban J connectivity index is 2.30. The number of alkyl halides is 3. The number of piperazine rings is 1. The lowest BCUT2D eigenvalue weighted by Gasteiger charge is -2.35. The van der Waals surface area contributed by atoms with Crippen LogP contribution < -0.4 is 10.2 Å². The van der Waals surface area contributed by atoms with Crippen LogP contribution in [0.3, 0.4) is 0 Å². The molecule has 0 aliphatic carbocycles. The average molecular weight is 287 g/mol. The number of amides is 1. The number of likely N-dealkylation sites (N-methyl/N-ethyl adjacent to an activating group) is 1. The molecule has 1 N–H and O–H groups in total. The summed E-state index contributed by atoms with van der Waals surface area (Å²) in [4.78, 5) is 14.7. The van der Waals surface area contributed by atoms with Crippen LogP contribution in [0.25, 0.3) is 0 Å². The van der Waals surface area contributed by atoms with Gasteiger partial charge in [-0.2, -0.15) is 13.2 Å². The standard InChI is InChI=1S/C13H16F3N3O/c1-18-4-6-19(7-5-18)12-3-2-10(13(14,15)16)8-11(12)17-9-20/h2-3,8-9H,4-7H2,1H3,(H,17,20). The smallest absolute Gasteiger partial charge is 0.367 e. The van der Waals surface area contributed by atoms with Crippen molar-refractivity contribution in [2.45, 2.75) is 6.18 Å². The van der Waals surface area contributed by atoms with E-state index in [-0.39, 0.29) is 5.69 Å². The van der Waals surface area contributed by atoms with E-state index >= 15 is 0 Å². The number of hydrogen-bond donors (Lipinski definition) is 1. The van der Waals surface area contributed by atoms with Crippen LogP contribution in [-0.4, -0.2) is 44.5 Å². The zero-order valence-electron chi connectivity index (χ0n) is 11.1. The summed E-state index contributed by atoms with van der Waals surface area (Å²) in [6, 6.07) is 3.44. The summed E-state index contributed by atoms with van der Waals surface area (Å²) in [5.74, 6) is 0. The maximum Gasteiger partial charge on any atom is 0.416 e. The maximum absolute atomic E-state index is 12.7. The second kappa shape index (κ2) is 5.70. The number of carbonyl (C=O) groups is 1. The number of carbonyl (C=O) groups excluding carboxylic acids is 1. The fourth-order valence-corrected chi connectivity index (χ4v) is 2.21. The van der Waals surface area contributed by atoms with E-state index in [4.69, 9.17) is 0 Å². The monoisotopic (exact) mass is 287 g/mol. The minimum absolute atomic E-state index is 0.194. The van der Waals surface area contributed by atoms with Crippen molar-refractivity contribution in [2.24, 2.45) is 0 Å². The topological polar surface area (TPSA) is 35.6 Å². The molecule has 110 valence electrons. The van der Waals surface area contributed by atoms with E-state index in [9.17, 15) is 18.0 Å². The van der Waals surface area contributed by atoms with Crippen LogP contribution in [0.2, 0.25) is 0 Å². The molecule has 20 heavy (non-hydrogen) atoms. The second-order valence-corrected chi connectivity index (χ2v) is 4.78. The molecule has 0 spiro atoms. The molecule has 1 fully saturated rings. The third-order valence-corrected chi connectivity index (χ3v) is 3.38. The highest BCUT2D eigenvalue weighted by molar-refractivity contribution is 5.82. The Morgan fingerprint density at radius 1 is 1.20 bits per heavy atom. The zero-order chi connectivity index (χ0) is 14.8. The fraction of sp³-hybridized carbons (Fsp3) is 0.462. The van der Waals surface area contributed by atoms with Gasteiger partial charge < -0.3 is 15.1 Å². The molecular weight excluding hydrogens is 271 g/mol. The molecule has 0 bridgehead atoms. The molecule has 1 amide bonds. The van der Waals surface area contributed by atoms with Crippen LogP contribution in [0.15, 0.2) is 18.2 Å². The highest BCUT2D eigenvalue weighted by atomic mass is 19.4. The van der Waals surface area contributed by atoms with Crippen LogP contribution in [-0.2, 0) is 11.0 Å². The molecule has 0 unspecified atom stereocenters. The van der Waals surface area contributed by atoms with Crippen molar-refractivity contribution >= 4 is 17.8 Å². The first-order chi connectivity index (χ1) is 9.41. The molecule has 1 aliphatic rings. The van der Waals surface area contributed by atoms with Crippen LogP contribution in [0.5, 0.6) is 0 Å². The summed E-state index contributed by atoms with van der Waals surface area (Å²) < 4.78 is 38.1. The molecule has 7 heteroatoms. The Morgan fingerprint density at radius 3 is 2.40 bits per heavy atom. The lowest BCUT2D eigenvalue weighted by Crippen LogP contribution is -2.44. The quantitative estimate of drug-likeness (QED) is 0.864. The average Bonchev–Trinajstić information content (AvgIpc) is 2.39. The Kier molecular flexibility index (Phi) is 4.17. The first kappa shape index (κ1) is 14.6. The Bertz CT molecular complexity index is 482. The third-order valence-electron chi connectivity index (χ3n) is 3.38. The van der Waals surface area contributed by atoms with Crippen molar-refractivity contribution in [1.82, 2.24) is 4.90 Å². The molecule has 0 saturated carbocycles. The van der Waals surface area contributed by atoms with Gasteiger partial charge in [0, 0.05) is 26.2 Å². The third kappa shape index (κ3) is 3.22. The predicted octanol–water partition coefficient (Wildman–Crippen LogP) is 2.03. The lowest BCUT2D eigenvalue weighted by molar-refractivity contribution is -0.137. The summed E-state index contributed by atoms with van der Waals surface area (Å²) in [7, 11) is 1.99. The number of halogens is 3. The first-order valence-corrected chi connectivity index (χ1v) is 6.27. The van der Waals surface area contributed by atoms with Crippen LogP contribution in [0, 0.1) is 0 Å². The lowest BCUT2D eigenvalue weighted by atomic mass is 10.1. The van der Waals surface area contributed by atoms with Gasteiger partial charge >= 0.3 is 6.18 Å². The molecule has 1 aromatic rings. The van der Waals surface area contributed by atoms with E-state index in [1.165, 1.54) is 6.07 Å².